The number of benzene rings is 1. The normalized spacial score (nSPS) is 11.1. The summed E-state index contributed by atoms with van der Waals surface area (Å²) in [6.07, 6.45) is 4.93. The zero-order valence-electron chi connectivity index (χ0n) is 16.7. The van der Waals surface area contributed by atoms with Gasteiger partial charge in [0.15, 0.2) is 0 Å². The molecule has 2 aromatic rings. The summed E-state index contributed by atoms with van der Waals surface area (Å²) in [6, 6.07) is 6.41. The number of nitrogens with two attached hydrogens (primary N) is 1. The number of halogens is 1. The molecule has 0 fully saturated rings. The summed E-state index contributed by atoms with van der Waals surface area (Å²) in [6.45, 7) is 8.17. The van der Waals surface area contributed by atoms with Crippen molar-refractivity contribution in [1.29, 1.82) is 0 Å². The largest absolute Gasteiger partial charge is 0.382 e. The fraction of sp³-hybridized carbons (Fsp3) is 0.500. The number of primary amides is 1. The van der Waals surface area contributed by atoms with Gasteiger partial charge in [-0.25, -0.2) is 4.39 Å². The van der Waals surface area contributed by atoms with E-state index in [1.807, 2.05) is 19.9 Å². The summed E-state index contributed by atoms with van der Waals surface area (Å²) in [5.41, 5.74) is 9.65. The third kappa shape index (κ3) is 5.19. The van der Waals surface area contributed by atoms with Crippen LogP contribution in [-0.2, 0) is 17.7 Å². The Labute approximate surface area is 161 Å². The molecule has 0 saturated carbocycles. The molecule has 0 aliphatic rings. The second-order valence-electron chi connectivity index (χ2n) is 6.82. The van der Waals surface area contributed by atoms with Gasteiger partial charge in [0.05, 0.1) is 5.56 Å². The fourth-order valence-electron chi connectivity index (χ4n) is 3.63. The van der Waals surface area contributed by atoms with Gasteiger partial charge in [-0.1, -0.05) is 31.9 Å². The summed E-state index contributed by atoms with van der Waals surface area (Å²) in [4.78, 5) is 12.3. The van der Waals surface area contributed by atoms with Crippen LogP contribution in [0.4, 0.5) is 4.39 Å². The lowest BCUT2D eigenvalue weighted by molar-refractivity contribution is 0.1000. The monoisotopic (exact) mass is 374 g/mol. The summed E-state index contributed by atoms with van der Waals surface area (Å²) >= 11 is 0. The molecule has 1 aromatic carbocycles. The van der Waals surface area contributed by atoms with E-state index >= 15 is 0 Å². The van der Waals surface area contributed by atoms with Crippen LogP contribution in [0.25, 0.3) is 11.1 Å². The van der Waals surface area contributed by atoms with Gasteiger partial charge in [-0.05, 0) is 50.8 Å². The van der Waals surface area contributed by atoms with Crippen LogP contribution in [0.2, 0.25) is 0 Å². The molecule has 2 rings (SSSR count). The third-order valence-electron chi connectivity index (χ3n) is 4.88. The van der Waals surface area contributed by atoms with Gasteiger partial charge in [0.1, 0.15) is 5.82 Å². The molecule has 27 heavy (non-hydrogen) atoms. The molecule has 1 aromatic heterocycles. The van der Waals surface area contributed by atoms with E-state index in [-0.39, 0.29) is 5.82 Å². The first kappa shape index (κ1) is 21.2. The lowest BCUT2D eigenvalue weighted by atomic mass is 9.97. The Morgan fingerprint density at radius 2 is 2.00 bits per heavy atom. The number of nitrogens with zero attached hydrogens (tertiary/aromatic N) is 1. The van der Waals surface area contributed by atoms with Crippen molar-refractivity contribution in [2.75, 3.05) is 13.2 Å². The van der Waals surface area contributed by atoms with Crippen molar-refractivity contribution in [3.8, 4) is 11.1 Å². The van der Waals surface area contributed by atoms with Crippen molar-refractivity contribution in [2.24, 2.45) is 5.73 Å². The van der Waals surface area contributed by atoms with Crippen molar-refractivity contribution in [3.05, 3.63) is 47.0 Å². The molecule has 0 aliphatic heterocycles. The van der Waals surface area contributed by atoms with Gasteiger partial charge in [0, 0.05) is 36.7 Å². The minimum atomic E-state index is -0.466. The molecule has 0 atom stereocenters. The molecule has 2 N–H and O–H groups in total. The maximum absolute atomic E-state index is 13.9. The summed E-state index contributed by atoms with van der Waals surface area (Å²) < 4.78 is 21.5. The highest BCUT2D eigenvalue weighted by Crippen LogP contribution is 2.34. The van der Waals surface area contributed by atoms with Crippen molar-refractivity contribution in [2.45, 2.75) is 59.4 Å². The van der Waals surface area contributed by atoms with Crippen molar-refractivity contribution in [1.82, 2.24) is 4.57 Å². The fourth-order valence-corrected chi connectivity index (χ4v) is 3.63. The Hall–Kier alpha value is -2.14. The molecule has 0 saturated heterocycles. The van der Waals surface area contributed by atoms with Crippen molar-refractivity contribution in [3.63, 3.8) is 0 Å². The number of unbranched alkanes of at least 4 members (excludes halogenated alkanes) is 2. The highest BCUT2D eigenvalue weighted by molar-refractivity contribution is 6.02. The number of hydrogen-bond acceptors (Lipinski definition) is 2. The molecular formula is C22H31FN2O2. The van der Waals surface area contributed by atoms with E-state index in [0.29, 0.717) is 24.3 Å². The molecule has 0 radical (unpaired) electrons. The summed E-state index contributed by atoms with van der Waals surface area (Å²) in [5.74, 6) is -0.781. The Balaban J connectivity index is 2.54. The highest BCUT2D eigenvalue weighted by Gasteiger charge is 2.24. The van der Waals surface area contributed by atoms with Crippen LogP contribution in [0.15, 0.2) is 24.3 Å². The van der Waals surface area contributed by atoms with Gasteiger partial charge < -0.3 is 15.0 Å². The first-order chi connectivity index (χ1) is 13.0. The molecule has 1 heterocycles. The van der Waals surface area contributed by atoms with Crippen LogP contribution in [0.1, 0.15) is 61.3 Å². The number of amides is 1. The van der Waals surface area contributed by atoms with Gasteiger partial charge in [-0.2, -0.15) is 0 Å². The van der Waals surface area contributed by atoms with Crippen molar-refractivity contribution < 1.29 is 13.9 Å². The first-order valence-corrected chi connectivity index (χ1v) is 9.86. The Kier molecular flexibility index (Phi) is 8.04. The van der Waals surface area contributed by atoms with E-state index in [1.54, 1.807) is 6.07 Å². The number of hydrogen-bond donors (Lipinski definition) is 1. The second kappa shape index (κ2) is 10.3. The highest BCUT2D eigenvalue weighted by atomic mass is 19.1. The van der Waals surface area contributed by atoms with Crippen LogP contribution in [-0.4, -0.2) is 23.7 Å². The standard InChI is InChI=1S/C22H31FN2O2/c1-4-6-7-12-19-21(17-10-8-11-18(23)15-17)20(22(24)26)16(3)25(19)13-9-14-27-5-2/h8,10-11,15H,4-7,9,12-14H2,1-3H3,(H2,24,26). The lowest BCUT2D eigenvalue weighted by Crippen LogP contribution is -2.14. The number of rotatable bonds is 11. The number of carbonyl (C=O) groups excluding carboxylic acids is 1. The summed E-state index contributed by atoms with van der Waals surface area (Å²) in [5, 5.41) is 0. The van der Waals surface area contributed by atoms with Crippen molar-refractivity contribution >= 4 is 5.91 Å². The molecule has 4 nitrogen and oxygen atoms in total. The Bertz CT molecular complexity index is 768. The Morgan fingerprint density at radius 3 is 2.63 bits per heavy atom. The maximum atomic E-state index is 13.9. The third-order valence-corrected chi connectivity index (χ3v) is 4.88. The number of aromatic nitrogens is 1. The summed E-state index contributed by atoms with van der Waals surface area (Å²) in [7, 11) is 0. The minimum absolute atomic E-state index is 0.316. The van der Waals surface area contributed by atoms with E-state index in [1.165, 1.54) is 12.1 Å². The molecule has 0 unspecified atom stereocenters. The molecule has 0 aliphatic carbocycles. The topological polar surface area (TPSA) is 57.2 Å². The zero-order valence-corrected chi connectivity index (χ0v) is 16.7. The minimum Gasteiger partial charge on any atom is -0.382 e. The van der Waals surface area contributed by atoms with Crippen LogP contribution >= 0.6 is 0 Å². The van der Waals surface area contributed by atoms with E-state index in [0.717, 1.165) is 55.6 Å². The average molecular weight is 375 g/mol. The predicted molar refractivity (Wildman–Crippen MR) is 107 cm³/mol. The lowest BCUT2D eigenvalue weighted by Gasteiger charge is -2.13. The van der Waals surface area contributed by atoms with Gasteiger partial charge in [0.25, 0.3) is 5.91 Å². The predicted octanol–water partition coefficient (Wildman–Crippen LogP) is 4.86. The second-order valence-corrected chi connectivity index (χ2v) is 6.82. The molecule has 148 valence electrons. The quantitative estimate of drug-likeness (QED) is 0.571. The SMILES string of the molecule is CCCCCc1c(-c2cccc(F)c2)c(C(N)=O)c(C)n1CCCOCC. The molecule has 1 amide bonds. The number of carbonyl (C=O) groups is 1. The van der Waals surface area contributed by atoms with E-state index < -0.39 is 5.91 Å². The van der Waals surface area contributed by atoms with Gasteiger partial charge in [-0.3, -0.25) is 4.79 Å². The zero-order chi connectivity index (χ0) is 19.8. The molecule has 0 spiro atoms. The smallest absolute Gasteiger partial charge is 0.251 e. The first-order valence-electron chi connectivity index (χ1n) is 9.86. The van der Waals surface area contributed by atoms with E-state index in [9.17, 15) is 9.18 Å². The van der Waals surface area contributed by atoms with Crippen LogP contribution in [0.3, 0.4) is 0 Å². The van der Waals surface area contributed by atoms with Crippen LogP contribution in [0.5, 0.6) is 0 Å². The number of ether oxygens (including phenoxy) is 1. The van der Waals surface area contributed by atoms with E-state index in [2.05, 4.69) is 11.5 Å². The molecule has 5 heteroatoms. The average Bonchev–Trinajstić information content (AvgIpc) is 2.91. The van der Waals surface area contributed by atoms with Crippen LogP contribution < -0.4 is 5.73 Å². The van der Waals surface area contributed by atoms with E-state index in [4.69, 9.17) is 10.5 Å². The van der Waals surface area contributed by atoms with Crippen LogP contribution in [0, 0.1) is 12.7 Å². The van der Waals surface area contributed by atoms with Gasteiger partial charge in [0.2, 0.25) is 0 Å². The molecular weight excluding hydrogens is 343 g/mol. The van der Waals surface area contributed by atoms with Gasteiger partial charge >= 0.3 is 0 Å². The maximum Gasteiger partial charge on any atom is 0.251 e. The Morgan fingerprint density at radius 1 is 1.22 bits per heavy atom. The molecule has 0 bridgehead atoms. The van der Waals surface area contributed by atoms with Gasteiger partial charge in [-0.15, -0.1) is 0 Å².